The van der Waals surface area contributed by atoms with Crippen molar-refractivity contribution >= 4 is 17.7 Å². The Labute approximate surface area is 123 Å². The Hall–Kier alpha value is -2.61. The summed E-state index contributed by atoms with van der Waals surface area (Å²) in [6.45, 7) is 3.52. The number of imide groups is 1. The number of hydrogen-bond acceptors (Lipinski definition) is 3. The number of likely N-dealkylation sites (tertiary alicyclic amines) is 1. The minimum Gasteiger partial charge on any atom is -0.333 e. The van der Waals surface area contributed by atoms with Gasteiger partial charge < -0.3 is 5.32 Å². The molecule has 0 aromatic heterocycles. The van der Waals surface area contributed by atoms with Crippen LogP contribution in [-0.2, 0) is 14.4 Å². The predicted octanol–water partition coefficient (Wildman–Crippen LogP) is 0.690. The summed E-state index contributed by atoms with van der Waals surface area (Å²) in [7, 11) is 0. The van der Waals surface area contributed by atoms with Crippen LogP contribution in [0.1, 0.15) is 25.8 Å². The van der Waals surface area contributed by atoms with Gasteiger partial charge in [0, 0.05) is 17.5 Å². The molecule has 1 unspecified atom stereocenters. The first-order valence-corrected chi connectivity index (χ1v) is 6.72. The average Bonchev–Trinajstić information content (AvgIpc) is 2.72. The highest BCUT2D eigenvalue weighted by Gasteiger charge is 2.40. The van der Waals surface area contributed by atoms with E-state index in [4.69, 9.17) is 0 Å². The van der Waals surface area contributed by atoms with Crippen LogP contribution in [0, 0.1) is 11.8 Å². The van der Waals surface area contributed by atoms with Crippen molar-refractivity contribution in [2.75, 3.05) is 0 Å². The third-order valence-electron chi connectivity index (χ3n) is 3.10. The topological polar surface area (TPSA) is 66.5 Å². The van der Waals surface area contributed by atoms with Gasteiger partial charge in [-0.15, -0.1) is 0 Å². The van der Waals surface area contributed by atoms with Crippen molar-refractivity contribution < 1.29 is 14.4 Å². The van der Waals surface area contributed by atoms with Gasteiger partial charge in [0.1, 0.15) is 6.04 Å². The quantitative estimate of drug-likeness (QED) is 0.642. The monoisotopic (exact) mass is 284 g/mol. The Morgan fingerprint density at radius 2 is 1.95 bits per heavy atom. The van der Waals surface area contributed by atoms with Gasteiger partial charge in [-0.2, -0.15) is 0 Å². The maximum absolute atomic E-state index is 12.0. The molecule has 0 saturated carbocycles. The first kappa shape index (κ1) is 14.8. The third-order valence-corrected chi connectivity index (χ3v) is 3.10. The summed E-state index contributed by atoms with van der Waals surface area (Å²) in [5.41, 5.74) is 0.713. The molecule has 1 aromatic carbocycles. The summed E-state index contributed by atoms with van der Waals surface area (Å²) in [5, 5.41) is 2.49. The van der Waals surface area contributed by atoms with Gasteiger partial charge in [0.2, 0.25) is 5.91 Å². The van der Waals surface area contributed by atoms with Gasteiger partial charge in [0.25, 0.3) is 11.8 Å². The lowest BCUT2D eigenvalue weighted by Gasteiger charge is -2.18. The smallest absolute Gasteiger partial charge is 0.296 e. The molecule has 0 aliphatic carbocycles. The summed E-state index contributed by atoms with van der Waals surface area (Å²) in [4.78, 5) is 36.6. The van der Waals surface area contributed by atoms with E-state index in [2.05, 4.69) is 17.2 Å². The van der Waals surface area contributed by atoms with Crippen LogP contribution >= 0.6 is 0 Å². The number of nitrogens with zero attached hydrogens (tertiary/aromatic N) is 1. The van der Waals surface area contributed by atoms with E-state index in [1.165, 1.54) is 4.90 Å². The number of carbonyl (C=O) groups excluding carboxylic acids is 3. The number of benzene rings is 1. The van der Waals surface area contributed by atoms with Crippen molar-refractivity contribution in [2.24, 2.45) is 0 Å². The molecule has 1 N–H and O–H groups in total. The first-order chi connectivity index (χ1) is 9.99. The van der Waals surface area contributed by atoms with E-state index >= 15 is 0 Å². The molecule has 0 spiro atoms. The van der Waals surface area contributed by atoms with Gasteiger partial charge >= 0.3 is 0 Å². The standard InChI is InChI=1S/C16H16N2O3/c1-11(2)18-15(20)10-13(16(18)21)17-14(19)9-8-12-6-4-3-5-7-12/h3-7,11,13H,10H2,1-2H3,(H,17,19). The molecule has 1 aromatic rings. The predicted molar refractivity (Wildman–Crippen MR) is 76.9 cm³/mol. The Morgan fingerprint density at radius 1 is 1.29 bits per heavy atom. The Morgan fingerprint density at radius 3 is 2.52 bits per heavy atom. The number of rotatable bonds is 2. The van der Waals surface area contributed by atoms with Gasteiger partial charge in [0.15, 0.2) is 0 Å². The van der Waals surface area contributed by atoms with Gasteiger partial charge in [-0.25, -0.2) is 0 Å². The van der Waals surface area contributed by atoms with Crippen LogP contribution in [0.3, 0.4) is 0 Å². The van der Waals surface area contributed by atoms with Crippen LogP contribution in [0.15, 0.2) is 30.3 Å². The van der Waals surface area contributed by atoms with Crippen molar-refractivity contribution in [3.8, 4) is 11.8 Å². The fraction of sp³-hybridized carbons (Fsp3) is 0.312. The normalized spacial score (nSPS) is 17.7. The lowest BCUT2D eigenvalue weighted by atomic mass is 10.2. The molecule has 0 bridgehead atoms. The van der Waals surface area contributed by atoms with Gasteiger partial charge in [0.05, 0.1) is 6.42 Å². The fourth-order valence-electron chi connectivity index (χ4n) is 2.15. The van der Waals surface area contributed by atoms with Gasteiger partial charge in [-0.05, 0) is 26.0 Å². The van der Waals surface area contributed by atoms with E-state index in [1.807, 2.05) is 18.2 Å². The average molecular weight is 284 g/mol. The van der Waals surface area contributed by atoms with E-state index < -0.39 is 11.9 Å². The Bertz CT molecular complexity index is 626. The summed E-state index contributed by atoms with van der Waals surface area (Å²) in [5.74, 6) is 3.93. The molecule has 5 nitrogen and oxygen atoms in total. The van der Waals surface area contributed by atoms with E-state index in [0.29, 0.717) is 5.56 Å². The molecule has 1 heterocycles. The van der Waals surface area contributed by atoms with Crippen LogP contribution in [-0.4, -0.2) is 34.7 Å². The highest BCUT2D eigenvalue weighted by Crippen LogP contribution is 2.15. The minimum atomic E-state index is -0.808. The molecule has 1 aliphatic rings. The molecule has 2 rings (SSSR count). The zero-order chi connectivity index (χ0) is 15.4. The number of hydrogen-bond donors (Lipinski definition) is 1. The van der Waals surface area contributed by atoms with Crippen LogP contribution in [0.25, 0.3) is 0 Å². The summed E-state index contributed by atoms with van der Waals surface area (Å²) in [6, 6.07) is 8.05. The van der Waals surface area contributed by atoms with Crippen molar-refractivity contribution in [3.05, 3.63) is 35.9 Å². The van der Waals surface area contributed by atoms with E-state index in [9.17, 15) is 14.4 Å². The van der Waals surface area contributed by atoms with Gasteiger partial charge in [-0.3, -0.25) is 19.3 Å². The number of carbonyl (C=O) groups is 3. The lowest BCUT2D eigenvalue weighted by molar-refractivity contribution is -0.141. The second-order valence-corrected chi connectivity index (χ2v) is 5.04. The molecule has 1 aliphatic heterocycles. The highest BCUT2D eigenvalue weighted by molar-refractivity contribution is 6.08. The lowest BCUT2D eigenvalue weighted by Crippen LogP contribution is -2.43. The van der Waals surface area contributed by atoms with E-state index in [0.717, 1.165) is 0 Å². The molecule has 1 fully saturated rings. The molecule has 108 valence electrons. The Kier molecular flexibility index (Phi) is 4.39. The van der Waals surface area contributed by atoms with Crippen LogP contribution < -0.4 is 5.32 Å². The maximum atomic E-state index is 12.0. The molecule has 5 heteroatoms. The molecule has 21 heavy (non-hydrogen) atoms. The second kappa shape index (κ2) is 6.23. The van der Waals surface area contributed by atoms with Gasteiger partial charge in [-0.1, -0.05) is 24.1 Å². The fourth-order valence-corrected chi connectivity index (χ4v) is 2.15. The highest BCUT2D eigenvalue weighted by atomic mass is 16.2. The van der Waals surface area contributed by atoms with Crippen LogP contribution in [0.5, 0.6) is 0 Å². The zero-order valence-corrected chi connectivity index (χ0v) is 11.9. The molecular weight excluding hydrogens is 268 g/mol. The molecule has 1 atom stereocenters. The minimum absolute atomic E-state index is 0.00420. The van der Waals surface area contributed by atoms with Crippen molar-refractivity contribution in [1.82, 2.24) is 10.2 Å². The van der Waals surface area contributed by atoms with Crippen LogP contribution in [0.2, 0.25) is 0 Å². The molecular formula is C16H16N2O3. The second-order valence-electron chi connectivity index (χ2n) is 5.04. The summed E-state index contributed by atoms with van der Waals surface area (Å²) < 4.78 is 0. The SMILES string of the molecule is CC(C)N1C(=O)CC(NC(=O)C#Cc2ccccc2)C1=O. The number of nitrogens with one attached hydrogen (secondary N) is 1. The summed E-state index contributed by atoms with van der Waals surface area (Å²) in [6.07, 6.45) is -0.00420. The van der Waals surface area contributed by atoms with Crippen LogP contribution in [0.4, 0.5) is 0 Å². The summed E-state index contributed by atoms with van der Waals surface area (Å²) >= 11 is 0. The zero-order valence-electron chi connectivity index (χ0n) is 11.9. The molecule has 3 amide bonds. The molecule has 1 saturated heterocycles. The van der Waals surface area contributed by atoms with E-state index in [1.54, 1.807) is 26.0 Å². The Balaban J connectivity index is 2.00. The largest absolute Gasteiger partial charge is 0.333 e. The van der Waals surface area contributed by atoms with Crippen molar-refractivity contribution in [1.29, 1.82) is 0 Å². The van der Waals surface area contributed by atoms with E-state index in [-0.39, 0.29) is 24.3 Å². The first-order valence-electron chi connectivity index (χ1n) is 6.72. The maximum Gasteiger partial charge on any atom is 0.296 e. The number of amides is 3. The third kappa shape index (κ3) is 3.48. The van der Waals surface area contributed by atoms with Crippen molar-refractivity contribution in [2.45, 2.75) is 32.4 Å². The molecule has 0 radical (unpaired) electrons. The van der Waals surface area contributed by atoms with Crippen molar-refractivity contribution in [3.63, 3.8) is 0 Å².